The average molecular weight is 297 g/mol. The molecule has 110 valence electrons. The van der Waals surface area contributed by atoms with E-state index in [2.05, 4.69) is 11.4 Å². The highest BCUT2D eigenvalue weighted by Gasteiger charge is 2.22. The first-order valence-corrected chi connectivity index (χ1v) is 7.31. The SMILES string of the molecule is COCC(=O)N1CCC(NCc2cccc(Cl)c2)CC1. The standard InChI is InChI=1S/C15H21ClN2O2/c1-20-11-15(19)18-7-5-14(6-8-18)17-10-12-3-2-4-13(16)9-12/h2-4,9,14,17H,5-8,10-11H2,1H3. The van der Waals surface area contributed by atoms with Crippen LogP contribution in [0.2, 0.25) is 5.02 Å². The number of likely N-dealkylation sites (tertiary alicyclic amines) is 1. The first kappa shape index (κ1) is 15.3. The Morgan fingerprint density at radius 2 is 2.20 bits per heavy atom. The molecule has 0 unspecified atom stereocenters. The highest BCUT2D eigenvalue weighted by atomic mass is 35.5. The molecule has 0 spiro atoms. The maximum atomic E-state index is 11.7. The number of nitrogens with one attached hydrogen (secondary N) is 1. The second kappa shape index (κ2) is 7.62. The summed E-state index contributed by atoms with van der Waals surface area (Å²) < 4.78 is 4.88. The lowest BCUT2D eigenvalue weighted by molar-refractivity contribution is -0.136. The van der Waals surface area contributed by atoms with E-state index in [-0.39, 0.29) is 12.5 Å². The molecule has 1 amide bonds. The maximum absolute atomic E-state index is 11.7. The normalized spacial score (nSPS) is 16.4. The first-order valence-electron chi connectivity index (χ1n) is 6.93. The number of ether oxygens (including phenoxy) is 1. The summed E-state index contributed by atoms with van der Waals surface area (Å²) in [6, 6.07) is 8.35. The van der Waals surface area contributed by atoms with E-state index in [4.69, 9.17) is 16.3 Å². The second-order valence-electron chi connectivity index (χ2n) is 5.10. The molecular formula is C15H21ClN2O2. The van der Waals surface area contributed by atoms with Crippen LogP contribution in [0, 0.1) is 0 Å². The third-order valence-corrected chi connectivity index (χ3v) is 3.83. The molecule has 4 nitrogen and oxygen atoms in total. The number of amides is 1. The van der Waals surface area contributed by atoms with Crippen LogP contribution in [-0.2, 0) is 16.1 Å². The van der Waals surface area contributed by atoms with E-state index in [1.807, 2.05) is 23.1 Å². The molecule has 5 heteroatoms. The van der Waals surface area contributed by atoms with Crippen molar-refractivity contribution in [2.75, 3.05) is 26.8 Å². The van der Waals surface area contributed by atoms with Crippen LogP contribution < -0.4 is 5.32 Å². The minimum Gasteiger partial charge on any atom is -0.375 e. The van der Waals surface area contributed by atoms with Gasteiger partial charge < -0.3 is 15.0 Å². The van der Waals surface area contributed by atoms with Crippen molar-refractivity contribution in [1.82, 2.24) is 10.2 Å². The monoisotopic (exact) mass is 296 g/mol. The third kappa shape index (κ3) is 4.47. The molecule has 0 aromatic heterocycles. The Morgan fingerprint density at radius 3 is 2.85 bits per heavy atom. The highest BCUT2D eigenvalue weighted by Crippen LogP contribution is 2.13. The summed E-state index contributed by atoms with van der Waals surface area (Å²) in [6.45, 7) is 2.60. The number of halogens is 1. The lowest BCUT2D eigenvalue weighted by Gasteiger charge is -2.32. The van der Waals surface area contributed by atoms with Crippen LogP contribution in [0.25, 0.3) is 0 Å². The molecule has 0 saturated carbocycles. The van der Waals surface area contributed by atoms with Crippen molar-refractivity contribution in [2.24, 2.45) is 0 Å². The summed E-state index contributed by atoms with van der Waals surface area (Å²) in [5, 5.41) is 4.30. The molecule has 0 bridgehead atoms. The van der Waals surface area contributed by atoms with Gasteiger partial charge >= 0.3 is 0 Å². The van der Waals surface area contributed by atoms with Gasteiger partial charge in [0.15, 0.2) is 0 Å². The largest absolute Gasteiger partial charge is 0.375 e. The van der Waals surface area contributed by atoms with Gasteiger partial charge in [-0.15, -0.1) is 0 Å². The summed E-state index contributed by atoms with van der Waals surface area (Å²) in [7, 11) is 1.55. The van der Waals surface area contributed by atoms with Crippen LogP contribution in [0.5, 0.6) is 0 Å². The van der Waals surface area contributed by atoms with E-state index in [0.29, 0.717) is 6.04 Å². The van der Waals surface area contributed by atoms with Crippen molar-refractivity contribution in [3.8, 4) is 0 Å². The summed E-state index contributed by atoms with van der Waals surface area (Å²) >= 11 is 5.97. The number of carbonyl (C=O) groups excluding carboxylic acids is 1. The zero-order chi connectivity index (χ0) is 14.4. The Hall–Kier alpha value is -1.10. The minimum atomic E-state index is 0.0841. The van der Waals surface area contributed by atoms with Crippen molar-refractivity contribution in [1.29, 1.82) is 0 Å². The molecule has 2 rings (SSSR count). The quantitative estimate of drug-likeness (QED) is 0.904. The van der Waals surface area contributed by atoms with Gasteiger partial charge in [0, 0.05) is 37.8 Å². The zero-order valence-corrected chi connectivity index (χ0v) is 12.5. The molecule has 1 fully saturated rings. The number of rotatable bonds is 5. The Labute approximate surface area is 125 Å². The van der Waals surface area contributed by atoms with E-state index in [1.165, 1.54) is 5.56 Å². The number of benzene rings is 1. The van der Waals surface area contributed by atoms with E-state index in [0.717, 1.165) is 37.5 Å². The summed E-state index contributed by atoms with van der Waals surface area (Å²) in [5.74, 6) is 0.0841. The van der Waals surface area contributed by atoms with Crippen LogP contribution in [0.1, 0.15) is 18.4 Å². The van der Waals surface area contributed by atoms with Crippen LogP contribution in [-0.4, -0.2) is 43.7 Å². The molecule has 1 aliphatic heterocycles. The van der Waals surface area contributed by atoms with E-state index >= 15 is 0 Å². The smallest absolute Gasteiger partial charge is 0.248 e. The topological polar surface area (TPSA) is 41.6 Å². The van der Waals surface area contributed by atoms with E-state index < -0.39 is 0 Å². The fourth-order valence-electron chi connectivity index (χ4n) is 2.46. The molecule has 0 atom stereocenters. The Bertz CT molecular complexity index is 445. The van der Waals surface area contributed by atoms with Crippen molar-refractivity contribution >= 4 is 17.5 Å². The van der Waals surface area contributed by atoms with Gasteiger partial charge in [-0.25, -0.2) is 0 Å². The fraction of sp³-hybridized carbons (Fsp3) is 0.533. The van der Waals surface area contributed by atoms with Gasteiger partial charge in [-0.05, 0) is 30.5 Å². The second-order valence-corrected chi connectivity index (χ2v) is 5.54. The maximum Gasteiger partial charge on any atom is 0.248 e. The molecule has 1 aliphatic rings. The van der Waals surface area contributed by atoms with Gasteiger partial charge in [0.05, 0.1) is 0 Å². The molecule has 1 aromatic rings. The van der Waals surface area contributed by atoms with Crippen LogP contribution in [0.4, 0.5) is 0 Å². The molecule has 0 aliphatic carbocycles. The summed E-state index contributed by atoms with van der Waals surface area (Å²) in [5.41, 5.74) is 1.19. The third-order valence-electron chi connectivity index (χ3n) is 3.60. The van der Waals surface area contributed by atoms with Gasteiger partial charge in [-0.1, -0.05) is 23.7 Å². The minimum absolute atomic E-state index is 0.0841. The molecular weight excluding hydrogens is 276 g/mol. The number of nitrogens with zero attached hydrogens (tertiary/aromatic N) is 1. The molecule has 1 heterocycles. The Balaban J connectivity index is 1.73. The lowest BCUT2D eigenvalue weighted by Crippen LogP contribution is -2.45. The number of piperidine rings is 1. The average Bonchev–Trinajstić information content (AvgIpc) is 2.46. The number of methoxy groups -OCH3 is 1. The highest BCUT2D eigenvalue weighted by molar-refractivity contribution is 6.30. The van der Waals surface area contributed by atoms with Crippen molar-refractivity contribution in [3.05, 3.63) is 34.9 Å². The molecule has 20 heavy (non-hydrogen) atoms. The summed E-state index contributed by atoms with van der Waals surface area (Å²) in [4.78, 5) is 13.6. The zero-order valence-electron chi connectivity index (χ0n) is 11.8. The van der Waals surface area contributed by atoms with Crippen LogP contribution in [0.3, 0.4) is 0 Å². The molecule has 1 aromatic carbocycles. The van der Waals surface area contributed by atoms with Crippen molar-refractivity contribution < 1.29 is 9.53 Å². The van der Waals surface area contributed by atoms with Crippen molar-refractivity contribution in [2.45, 2.75) is 25.4 Å². The Morgan fingerprint density at radius 1 is 1.45 bits per heavy atom. The number of carbonyl (C=O) groups is 1. The van der Waals surface area contributed by atoms with Crippen molar-refractivity contribution in [3.63, 3.8) is 0 Å². The number of hydrogen-bond donors (Lipinski definition) is 1. The van der Waals surface area contributed by atoms with Gasteiger partial charge in [0.25, 0.3) is 0 Å². The van der Waals surface area contributed by atoms with Crippen LogP contribution in [0.15, 0.2) is 24.3 Å². The fourth-order valence-corrected chi connectivity index (χ4v) is 2.67. The molecule has 0 radical (unpaired) electrons. The van der Waals surface area contributed by atoms with E-state index in [9.17, 15) is 4.79 Å². The lowest BCUT2D eigenvalue weighted by atomic mass is 10.0. The van der Waals surface area contributed by atoms with Crippen LogP contribution >= 0.6 is 11.6 Å². The first-order chi connectivity index (χ1) is 9.69. The number of hydrogen-bond acceptors (Lipinski definition) is 3. The van der Waals surface area contributed by atoms with Gasteiger partial charge in [-0.3, -0.25) is 4.79 Å². The van der Waals surface area contributed by atoms with E-state index in [1.54, 1.807) is 7.11 Å². The Kier molecular flexibility index (Phi) is 5.83. The van der Waals surface area contributed by atoms with Gasteiger partial charge in [0.1, 0.15) is 6.61 Å². The summed E-state index contributed by atoms with van der Waals surface area (Å²) in [6.07, 6.45) is 1.96. The predicted molar refractivity (Wildman–Crippen MR) is 79.8 cm³/mol. The molecule has 1 N–H and O–H groups in total. The predicted octanol–water partition coefficient (Wildman–Crippen LogP) is 2.07. The molecule has 1 saturated heterocycles. The van der Waals surface area contributed by atoms with Gasteiger partial charge in [0.2, 0.25) is 5.91 Å². The van der Waals surface area contributed by atoms with Gasteiger partial charge in [-0.2, -0.15) is 0 Å².